The number of hydrogen-bond acceptors (Lipinski definition) is 6. The summed E-state index contributed by atoms with van der Waals surface area (Å²) in [6, 6.07) is 1.90. The molecule has 6 nitrogen and oxygen atoms in total. The quantitative estimate of drug-likeness (QED) is 0.828. The van der Waals surface area contributed by atoms with Crippen molar-refractivity contribution in [1.82, 2.24) is 9.97 Å². The van der Waals surface area contributed by atoms with Crippen molar-refractivity contribution in [2.45, 2.75) is 43.8 Å². The van der Waals surface area contributed by atoms with E-state index in [1.807, 2.05) is 6.07 Å². The molecule has 0 aromatic carbocycles. The Morgan fingerprint density at radius 3 is 3.13 bits per heavy atom. The lowest BCUT2D eigenvalue weighted by atomic mass is 9.89. The van der Waals surface area contributed by atoms with E-state index in [-0.39, 0.29) is 11.7 Å². The molecule has 1 aromatic rings. The van der Waals surface area contributed by atoms with E-state index in [0.29, 0.717) is 5.88 Å². The number of aromatic nitrogens is 2. The van der Waals surface area contributed by atoms with Crippen molar-refractivity contribution in [2.24, 2.45) is 5.92 Å². The summed E-state index contributed by atoms with van der Waals surface area (Å²) in [5.41, 5.74) is -0.0787. The molecule has 0 amide bonds. The molecule has 2 aliphatic heterocycles. The van der Waals surface area contributed by atoms with Gasteiger partial charge in [-0.2, -0.15) is 0 Å². The second-order valence-electron chi connectivity index (χ2n) is 7.04. The van der Waals surface area contributed by atoms with E-state index in [0.717, 1.165) is 57.3 Å². The predicted octanol–water partition coefficient (Wildman–Crippen LogP) is 2.04. The lowest BCUT2D eigenvalue weighted by Gasteiger charge is -2.40. The average molecular weight is 319 g/mol. The van der Waals surface area contributed by atoms with Gasteiger partial charge in [0.05, 0.1) is 25.4 Å². The third kappa shape index (κ3) is 3.43. The van der Waals surface area contributed by atoms with Gasteiger partial charge in [0, 0.05) is 32.2 Å². The van der Waals surface area contributed by atoms with Gasteiger partial charge in [0.25, 0.3) is 0 Å². The fraction of sp³-hybridized carbons (Fsp3) is 0.765. The van der Waals surface area contributed by atoms with Crippen LogP contribution in [0, 0.1) is 5.92 Å². The van der Waals surface area contributed by atoms with Crippen LogP contribution in [0.3, 0.4) is 0 Å². The topological polar surface area (TPSA) is 56.7 Å². The van der Waals surface area contributed by atoms with Crippen LogP contribution in [0.4, 0.5) is 5.82 Å². The molecular formula is C17H25N3O3. The zero-order valence-corrected chi connectivity index (χ0v) is 13.7. The highest BCUT2D eigenvalue weighted by atomic mass is 16.6. The predicted molar refractivity (Wildman–Crippen MR) is 85.8 cm³/mol. The van der Waals surface area contributed by atoms with E-state index in [4.69, 9.17) is 14.2 Å². The Balaban J connectivity index is 1.40. The zero-order valence-electron chi connectivity index (χ0n) is 13.7. The Morgan fingerprint density at radius 2 is 2.30 bits per heavy atom. The highest BCUT2D eigenvalue weighted by Gasteiger charge is 2.44. The highest BCUT2D eigenvalue weighted by molar-refractivity contribution is 5.42. The Kier molecular flexibility index (Phi) is 4.11. The van der Waals surface area contributed by atoms with Gasteiger partial charge in [0.15, 0.2) is 0 Å². The number of methoxy groups -OCH3 is 1. The van der Waals surface area contributed by atoms with Crippen LogP contribution >= 0.6 is 0 Å². The minimum Gasteiger partial charge on any atom is -0.481 e. The second-order valence-corrected chi connectivity index (χ2v) is 7.04. The maximum atomic E-state index is 6.21. The summed E-state index contributed by atoms with van der Waals surface area (Å²) in [7, 11) is 1.63. The zero-order chi connectivity index (χ0) is 15.7. The Morgan fingerprint density at radius 1 is 1.39 bits per heavy atom. The molecule has 2 unspecified atom stereocenters. The molecular weight excluding hydrogens is 294 g/mol. The first kappa shape index (κ1) is 15.1. The summed E-state index contributed by atoms with van der Waals surface area (Å²) in [5.74, 6) is 2.33. The van der Waals surface area contributed by atoms with E-state index in [2.05, 4.69) is 14.9 Å². The van der Waals surface area contributed by atoms with Crippen LogP contribution in [0.25, 0.3) is 0 Å². The summed E-state index contributed by atoms with van der Waals surface area (Å²) in [5, 5.41) is 0. The molecule has 23 heavy (non-hydrogen) atoms. The minimum absolute atomic E-state index is 0.0787. The fourth-order valence-electron chi connectivity index (χ4n) is 3.66. The molecule has 6 heteroatoms. The van der Waals surface area contributed by atoms with Gasteiger partial charge in [-0.1, -0.05) is 0 Å². The molecule has 2 atom stereocenters. The molecule has 3 aliphatic rings. The first-order valence-electron chi connectivity index (χ1n) is 8.63. The van der Waals surface area contributed by atoms with Gasteiger partial charge in [0.2, 0.25) is 5.88 Å². The molecule has 2 saturated heterocycles. The SMILES string of the molecule is COc1cc(N2CCCC3(CC(OCC4CC4)CO3)C2)ncn1. The van der Waals surface area contributed by atoms with Gasteiger partial charge in [0.1, 0.15) is 12.1 Å². The maximum absolute atomic E-state index is 6.21. The van der Waals surface area contributed by atoms with Gasteiger partial charge in [-0.3, -0.25) is 0 Å². The van der Waals surface area contributed by atoms with Crippen LogP contribution in [-0.4, -0.2) is 55.1 Å². The third-order valence-electron chi connectivity index (χ3n) is 5.14. The van der Waals surface area contributed by atoms with Crippen LogP contribution in [0.2, 0.25) is 0 Å². The van der Waals surface area contributed by atoms with Crippen LogP contribution in [0.5, 0.6) is 5.88 Å². The molecule has 0 N–H and O–H groups in total. The van der Waals surface area contributed by atoms with Crippen molar-refractivity contribution >= 4 is 5.82 Å². The van der Waals surface area contributed by atoms with Gasteiger partial charge >= 0.3 is 0 Å². The molecule has 3 heterocycles. The van der Waals surface area contributed by atoms with E-state index in [1.54, 1.807) is 13.4 Å². The second kappa shape index (κ2) is 6.24. The molecule has 1 aliphatic carbocycles. The number of anilines is 1. The minimum atomic E-state index is -0.0787. The monoisotopic (exact) mass is 319 g/mol. The molecule has 1 aromatic heterocycles. The summed E-state index contributed by atoms with van der Waals surface area (Å²) >= 11 is 0. The van der Waals surface area contributed by atoms with Crippen LogP contribution in [0.1, 0.15) is 32.1 Å². The third-order valence-corrected chi connectivity index (χ3v) is 5.14. The molecule has 126 valence electrons. The van der Waals surface area contributed by atoms with Crippen LogP contribution in [0.15, 0.2) is 12.4 Å². The standard InChI is InChI=1S/C17H25N3O3/c1-21-16-7-15(18-12-19-16)20-6-2-5-17(11-20)8-14(10-23-17)22-9-13-3-4-13/h7,12-14H,2-6,8-11H2,1H3. The fourth-order valence-corrected chi connectivity index (χ4v) is 3.66. The molecule has 1 saturated carbocycles. The van der Waals surface area contributed by atoms with E-state index >= 15 is 0 Å². The lowest BCUT2D eigenvalue weighted by Crippen LogP contribution is -2.48. The number of piperidine rings is 1. The van der Waals surface area contributed by atoms with Gasteiger partial charge in [-0.05, 0) is 31.6 Å². The van der Waals surface area contributed by atoms with E-state index in [1.165, 1.54) is 12.8 Å². The normalized spacial score (nSPS) is 30.8. The Labute approximate surface area is 137 Å². The van der Waals surface area contributed by atoms with Crippen molar-refractivity contribution in [3.05, 3.63) is 12.4 Å². The molecule has 1 spiro atoms. The smallest absolute Gasteiger partial charge is 0.218 e. The van der Waals surface area contributed by atoms with Crippen molar-refractivity contribution < 1.29 is 14.2 Å². The van der Waals surface area contributed by atoms with Crippen LogP contribution < -0.4 is 9.64 Å². The van der Waals surface area contributed by atoms with Crippen LogP contribution in [-0.2, 0) is 9.47 Å². The summed E-state index contributed by atoms with van der Waals surface area (Å²) in [4.78, 5) is 10.8. The number of rotatable bonds is 5. The number of ether oxygens (including phenoxy) is 3. The molecule has 3 fully saturated rings. The molecule has 0 bridgehead atoms. The van der Waals surface area contributed by atoms with Gasteiger partial charge in [-0.15, -0.1) is 0 Å². The van der Waals surface area contributed by atoms with Crippen molar-refractivity contribution in [1.29, 1.82) is 0 Å². The maximum Gasteiger partial charge on any atom is 0.218 e. The Hall–Kier alpha value is -1.40. The van der Waals surface area contributed by atoms with E-state index in [9.17, 15) is 0 Å². The highest BCUT2D eigenvalue weighted by Crippen LogP contribution is 2.38. The van der Waals surface area contributed by atoms with E-state index < -0.39 is 0 Å². The van der Waals surface area contributed by atoms with Gasteiger partial charge < -0.3 is 19.1 Å². The number of nitrogens with zero attached hydrogens (tertiary/aromatic N) is 3. The van der Waals surface area contributed by atoms with Gasteiger partial charge in [-0.25, -0.2) is 9.97 Å². The number of hydrogen-bond donors (Lipinski definition) is 0. The average Bonchev–Trinajstić information content (AvgIpc) is 3.35. The summed E-state index contributed by atoms with van der Waals surface area (Å²) in [6.45, 7) is 3.51. The van der Waals surface area contributed by atoms with Crippen molar-refractivity contribution in [3.63, 3.8) is 0 Å². The molecule has 0 radical (unpaired) electrons. The lowest BCUT2D eigenvalue weighted by molar-refractivity contribution is -0.0130. The van der Waals surface area contributed by atoms with Crippen molar-refractivity contribution in [2.75, 3.05) is 38.3 Å². The summed E-state index contributed by atoms with van der Waals surface area (Å²) in [6.07, 6.45) is 7.71. The summed E-state index contributed by atoms with van der Waals surface area (Å²) < 4.78 is 17.5. The molecule has 4 rings (SSSR count). The first-order valence-corrected chi connectivity index (χ1v) is 8.63. The Bertz CT molecular complexity index is 552. The first-order chi connectivity index (χ1) is 11.3. The van der Waals surface area contributed by atoms with Crippen molar-refractivity contribution in [3.8, 4) is 5.88 Å². The largest absolute Gasteiger partial charge is 0.481 e.